The fraction of sp³-hybridized carbons (Fsp3) is 0.250. The predicted molar refractivity (Wildman–Crippen MR) is 263 cm³/mol. The van der Waals surface area contributed by atoms with Crippen molar-refractivity contribution >= 4 is 118 Å². The Bertz CT molecular complexity index is 2900. The zero-order chi connectivity index (χ0) is 48.4. The third-order valence-corrected chi connectivity index (χ3v) is 13.7. The minimum Gasteiger partial charge on any atom is -0.506 e. The number of hydrogen-bond acceptors (Lipinski definition) is 15. The molecule has 8 rings (SSSR count). The maximum Gasteiger partial charge on any atom is 0.319 e. The van der Waals surface area contributed by atoms with Gasteiger partial charge < -0.3 is 35.3 Å². The van der Waals surface area contributed by atoms with Crippen LogP contribution >= 0.6 is 61.8 Å². The molecule has 1 spiro atoms. The SMILES string of the molecule is CCN(CC)c1ccc(/C=C/C2=[N+](C)c3ccccc3C23CCCCC3)c(Br)c1.O=C1C=C(O)C(=NN=c2[n-]cc([N+](=O)[O-])s2)C=C1Cl.O=C1C=C(O)C(=NN=c2[n-]cc([N+](=O)[O-])s2)C=C1Cl.[Co]. The molecule has 68 heavy (non-hydrogen) atoms. The standard InChI is InChI=1S/C26H32BrN2.2C9H5ClN4O4S.Co/c1-4-29(5-2)21-15-13-20(23(27)19-21)14-16-25-26(17-9-6-10-18-26)22-11-7-8-12-24(22)28(25)3;2*10-4-1-5(7(16)2-6(4)15)12-13-9-11-3-8(19-9)14(17)18;/h7-8,11-16,19H,4-6,9-10,17-18H2,1-3H3;2*1-3H,(H2,11,13,15,16);/q+1;;;/p-2. The normalized spacial score (nSPS) is 18.0. The maximum atomic E-state index is 11.1. The fourth-order valence-corrected chi connectivity index (χ4v) is 9.43. The zero-order valence-electron chi connectivity index (χ0n) is 36.2. The van der Waals surface area contributed by atoms with Gasteiger partial charge in [0.2, 0.25) is 17.3 Å². The van der Waals surface area contributed by atoms with Gasteiger partial charge in [-0.3, -0.25) is 40.0 Å². The van der Waals surface area contributed by atoms with Gasteiger partial charge in [-0.05, 0) is 62.6 Å². The summed E-state index contributed by atoms with van der Waals surface area (Å²) >= 11 is 16.4. The number of carbonyl (C=O) groups excluding carboxylic acids is 2. The van der Waals surface area contributed by atoms with Crippen LogP contribution in [0, 0.1) is 20.2 Å². The third-order valence-electron chi connectivity index (χ3n) is 10.7. The quantitative estimate of drug-likeness (QED) is 0.0693. The van der Waals surface area contributed by atoms with E-state index in [2.05, 4.69) is 131 Å². The van der Waals surface area contributed by atoms with Gasteiger partial charge in [-0.25, -0.2) is 0 Å². The number of thiazole rings is 2. The monoisotopic (exact) mass is 1110 g/mol. The number of halogens is 3. The molecule has 1 aliphatic heterocycles. The summed E-state index contributed by atoms with van der Waals surface area (Å²) in [7, 11) is 2.24. The molecule has 0 bridgehead atoms. The molecule has 24 heteroatoms. The van der Waals surface area contributed by atoms with Crippen LogP contribution in [0.2, 0.25) is 0 Å². The van der Waals surface area contributed by atoms with E-state index in [1.54, 1.807) is 0 Å². The van der Waals surface area contributed by atoms with Gasteiger partial charge >= 0.3 is 10.0 Å². The van der Waals surface area contributed by atoms with Crippen LogP contribution in [0.4, 0.5) is 21.4 Å². The molecular formula is C44H40BrCl2CoN10O8S2-. The van der Waals surface area contributed by atoms with Crippen LogP contribution in [0.1, 0.15) is 57.1 Å². The van der Waals surface area contributed by atoms with E-state index < -0.39 is 21.4 Å². The number of rotatable bonds is 9. The van der Waals surface area contributed by atoms with Crippen LogP contribution in [-0.2, 0) is 31.8 Å². The van der Waals surface area contributed by atoms with Crippen molar-refractivity contribution < 1.29 is 51.0 Å². The summed E-state index contributed by atoms with van der Waals surface area (Å²) in [4.78, 5) is 51.7. The Balaban J connectivity index is 0.000000196. The molecule has 1 fully saturated rings. The molecule has 4 aliphatic rings. The summed E-state index contributed by atoms with van der Waals surface area (Å²) in [5.74, 6) is -1.85. The van der Waals surface area contributed by atoms with Gasteiger partial charge in [0.1, 0.15) is 30.0 Å². The summed E-state index contributed by atoms with van der Waals surface area (Å²) in [6, 6.07) is 15.7. The first-order chi connectivity index (χ1) is 32.0. The smallest absolute Gasteiger partial charge is 0.319 e. The zero-order valence-corrected chi connectivity index (χ0v) is 42.0. The van der Waals surface area contributed by atoms with Crippen molar-refractivity contribution in [3.63, 3.8) is 0 Å². The Kier molecular flexibility index (Phi) is 18.7. The molecule has 1 radical (unpaired) electrons. The number of benzene rings is 2. The van der Waals surface area contributed by atoms with Gasteiger partial charge in [0, 0.05) is 91.9 Å². The molecule has 18 nitrogen and oxygen atoms in total. The minimum absolute atomic E-state index is 0. The van der Waals surface area contributed by atoms with E-state index in [4.69, 9.17) is 23.2 Å². The minimum atomic E-state index is -0.600. The number of carbonyl (C=O) groups is 2. The molecule has 4 aromatic rings. The average Bonchev–Trinajstić information content (AvgIpc) is 4.05. The molecule has 3 heterocycles. The van der Waals surface area contributed by atoms with Gasteiger partial charge in [0.15, 0.2) is 5.71 Å². The molecule has 2 aromatic heterocycles. The predicted octanol–water partition coefficient (Wildman–Crippen LogP) is 8.97. The second-order valence-corrected chi connectivity index (χ2v) is 18.4. The number of para-hydroxylation sites is 1. The molecule has 2 aromatic carbocycles. The molecule has 3 aliphatic carbocycles. The van der Waals surface area contributed by atoms with Gasteiger partial charge in [-0.2, -0.15) is 4.58 Å². The summed E-state index contributed by atoms with van der Waals surface area (Å²) in [5.41, 5.74) is 7.02. The van der Waals surface area contributed by atoms with E-state index in [-0.39, 0.29) is 74.8 Å². The van der Waals surface area contributed by atoms with E-state index in [1.165, 1.54) is 60.3 Å². The Morgan fingerprint density at radius 2 is 1.32 bits per heavy atom. The van der Waals surface area contributed by atoms with E-state index in [1.807, 2.05) is 0 Å². The molecule has 2 N–H and O–H groups in total. The maximum absolute atomic E-state index is 11.1. The topological polar surface area (TPSA) is 245 Å². The largest absolute Gasteiger partial charge is 0.506 e. The second-order valence-electron chi connectivity index (χ2n) is 14.7. The number of ketones is 2. The number of aliphatic hydroxyl groups excluding tert-OH is 2. The summed E-state index contributed by atoms with van der Waals surface area (Å²) in [6.45, 7) is 6.47. The van der Waals surface area contributed by atoms with Crippen molar-refractivity contribution in [2.45, 2.75) is 51.4 Å². The number of hydrogen-bond donors (Lipinski definition) is 2. The summed E-state index contributed by atoms with van der Waals surface area (Å²) < 4.78 is 3.59. The van der Waals surface area contributed by atoms with Gasteiger partial charge in [-0.1, -0.05) is 105 Å². The first kappa shape index (κ1) is 53.1. The Morgan fingerprint density at radius 3 is 1.79 bits per heavy atom. The number of anilines is 1. The molecule has 0 saturated heterocycles. The van der Waals surface area contributed by atoms with Gasteiger partial charge in [0.25, 0.3) is 0 Å². The number of fused-ring (bicyclic) bond motifs is 2. The van der Waals surface area contributed by atoms with Crippen molar-refractivity contribution in [3.05, 3.63) is 152 Å². The van der Waals surface area contributed by atoms with Gasteiger partial charge in [-0.15, -0.1) is 0 Å². The number of nitrogens with zero attached hydrogens (tertiary/aromatic N) is 10. The van der Waals surface area contributed by atoms with E-state index >= 15 is 0 Å². The van der Waals surface area contributed by atoms with Crippen molar-refractivity contribution in [2.75, 3.05) is 25.0 Å². The van der Waals surface area contributed by atoms with Crippen molar-refractivity contribution in [3.8, 4) is 0 Å². The van der Waals surface area contributed by atoms with Crippen molar-refractivity contribution in [2.24, 2.45) is 20.4 Å². The Hall–Kier alpha value is -5.88. The molecule has 1 saturated carbocycles. The van der Waals surface area contributed by atoms with Crippen molar-refractivity contribution in [1.82, 2.24) is 9.97 Å². The van der Waals surface area contributed by atoms with E-state index in [0.717, 1.165) is 76.9 Å². The summed E-state index contributed by atoms with van der Waals surface area (Å²) in [6.07, 6.45) is 17.4. The van der Waals surface area contributed by atoms with Crippen LogP contribution < -0.4 is 24.5 Å². The second kappa shape index (κ2) is 23.9. The average molecular weight is 1110 g/mol. The molecule has 357 valence electrons. The first-order valence-corrected chi connectivity index (χ1v) is 23.6. The van der Waals surface area contributed by atoms with E-state index in [0.29, 0.717) is 0 Å². The Morgan fingerprint density at radius 1 is 0.809 bits per heavy atom. The molecule has 0 unspecified atom stereocenters. The van der Waals surface area contributed by atoms with Crippen LogP contribution in [0.25, 0.3) is 6.08 Å². The number of aliphatic hydroxyl groups is 2. The number of allylic oxidation sites excluding steroid dienone is 7. The van der Waals surface area contributed by atoms with Crippen LogP contribution in [0.15, 0.2) is 132 Å². The summed E-state index contributed by atoms with van der Waals surface area (Å²) in [5, 5.41) is 53.7. The molecule has 0 atom stereocenters. The fourth-order valence-electron chi connectivity index (χ4n) is 7.51. The van der Waals surface area contributed by atoms with Crippen LogP contribution in [-0.4, -0.2) is 73.5 Å². The van der Waals surface area contributed by atoms with Gasteiger partial charge in [0.05, 0.1) is 25.3 Å². The first-order valence-electron chi connectivity index (χ1n) is 20.4. The number of aromatic nitrogens is 2. The van der Waals surface area contributed by atoms with E-state index in [9.17, 15) is 40.0 Å². The molecule has 0 amide bonds. The van der Waals surface area contributed by atoms with Crippen LogP contribution in [0.3, 0.4) is 0 Å². The third kappa shape index (κ3) is 12.6. The van der Waals surface area contributed by atoms with Crippen molar-refractivity contribution in [1.29, 1.82) is 0 Å². The Labute approximate surface area is 425 Å². The van der Waals surface area contributed by atoms with Crippen LogP contribution in [0.5, 0.6) is 0 Å². The molecular weight excluding hydrogens is 1070 g/mol. The number of nitro groups is 2.